The molecule has 0 atom stereocenters. The molecule has 4 heterocycles. The summed E-state index contributed by atoms with van der Waals surface area (Å²) in [6.45, 7) is 0. The second kappa shape index (κ2) is 10.7. The van der Waals surface area contributed by atoms with Gasteiger partial charge in [0.05, 0.1) is 5.69 Å². The van der Waals surface area contributed by atoms with Crippen molar-refractivity contribution in [3.05, 3.63) is 164 Å². The molecule has 0 amide bonds. The third kappa shape index (κ3) is 4.37. The minimum atomic E-state index is 0.945. The lowest BCUT2D eigenvalue weighted by Gasteiger charge is -2.26. The lowest BCUT2D eigenvalue weighted by atomic mass is 10.0. The summed E-state index contributed by atoms with van der Waals surface area (Å²) < 4.78 is 7.38. The van der Waals surface area contributed by atoms with Gasteiger partial charge in [-0.05, 0) is 106 Å². The van der Waals surface area contributed by atoms with Crippen LogP contribution in [0.3, 0.4) is 0 Å². The molecule has 4 aromatic heterocycles. The molecule has 50 heavy (non-hydrogen) atoms. The van der Waals surface area contributed by atoms with Gasteiger partial charge in [-0.3, -0.25) is 0 Å². The number of hydrogen-bond donors (Lipinski definition) is 0. The van der Waals surface area contributed by atoms with Crippen LogP contribution in [0.25, 0.3) is 78.8 Å². The van der Waals surface area contributed by atoms with Gasteiger partial charge in [-0.25, -0.2) is 4.98 Å². The van der Waals surface area contributed by atoms with Gasteiger partial charge >= 0.3 is 0 Å². The normalized spacial score (nSPS) is 12.0. The van der Waals surface area contributed by atoms with Crippen molar-refractivity contribution in [1.29, 1.82) is 0 Å². The maximum absolute atomic E-state index is 4.88. The van der Waals surface area contributed by atoms with Crippen molar-refractivity contribution in [2.75, 3.05) is 4.90 Å². The molecule has 0 unspecified atom stereocenters. The van der Waals surface area contributed by atoms with E-state index in [1.54, 1.807) is 0 Å². The average Bonchev–Trinajstić information content (AvgIpc) is 3.86. The van der Waals surface area contributed by atoms with E-state index in [4.69, 9.17) is 4.98 Å². The molecular formula is C45H27N3S2. The Hall–Kier alpha value is -6.01. The van der Waals surface area contributed by atoms with E-state index in [1.807, 2.05) is 47.1 Å². The van der Waals surface area contributed by atoms with Crippen molar-refractivity contribution in [2.24, 2.45) is 0 Å². The van der Waals surface area contributed by atoms with E-state index < -0.39 is 0 Å². The smallest absolute Gasteiger partial charge is 0.137 e. The van der Waals surface area contributed by atoms with Crippen molar-refractivity contribution in [3.63, 3.8) is 0 Å². The van der Waals surface area contributed by atoms with E-state index in [-0.39, 0.29) is 0 Å². The summed E-state index contributed by atoms with van der Waals surface area (Å²) >= 11 is 3.74. The van der Waals surface area contributed by atoms with Crippen LogP contribution >= 0.6 is 22.7 Å². The summed E-state index contributed by atoms with van der Waals surface area (Å²) in [6.07, 6.45) is 4.14. The molecule has 0 saturated carbocycles. The number of aromatic nitrogens is 2. The van der Waals surface area contributed by atoms with Gasteiger partial charge in [-0.1, -0.05) is 66.7 Å². The van der Waals surface area contributed by atoms with Crippen LogP contribution in [0.4, 0.5) is 17.1 Å². The van der Waals surface area contributed by atoms with E-state index in [2.05, 4.69) is 149 Å². The number of fused-ring (bicyclic) bond motifs is 9. The van der Waals surface area contributed by atoms with Crippen molar-refractivity contribution >= 4 is 107 Å². The van der Waals surface area contributed by atoms with Crippen LogP contribution < -0.4 is 4.90 Å². The Morgan fingerprint density at radius 1 is 0.440 bits per heavy atom. The minimum absolute atomic E-state index is 0.945. The third-order valence-corrected chi connectivity index (χ3v) is 12.2. The van der Waals surface area contributed by atoms with Crippen LogP contribution in [0.2, 0.25) is 0 Å². The lowest BCUT2D eigenvalue weighted by Crippen LogP contribution is -2.09. The Morgan fingerprint density at radius 2 is 1.00 bits per heavy atom. The van der Waals surface area contributed by atoms with Gasteiger partial charge in [0.25, 0.3) is 0 Å². The highest BCUT2D eigenvalue weighted by Crippen LogP contribution is 2.42. The fourth-order valence-corrected chi connectivity index (χ4v) is 9.76. The standard InChI is InChI=1S/C45H27N3S2/c1-3-9-41-36(7-1)38-23-31-21-34(18-14-29(31)25-43(38)49-41)48(33-16-12-28(13-17-33)40-27-47-20-6-5-11-45(47)46-40)35-19-15-30-26-44-39(24-32(30)22-35)37-8-2-4-10-42(37)50-44/h1-27H. The lowest BCUT2D eigenvalue weighted by molar-refractivity contribution is 1.19. The van der Waals surface area contributed by atoms with Crippen LogP contribution in [0.1, 0.15) is 0 Å². The number of thiophene rings is 2. The molecular weight excluding hydrogens is 647 g/mol. The first kappa shape index (κ1) is 27.9. The van der Waals surface area contributed by atoms with Gasteiger partial charge < -0.3 is 9.30 Å². The van der Waals surface area contributed by atoms with Gasteiger partial charge in [-0.2, -0.15) is 0 Å². The first-order chi connectivity index (χ1) is 24.7. The first-order valence-electron chi connectivity index (χ1n) is 16.8. The Balaban J connectivity index is 1.09. The number of hydrogen-bond acceptors (Lipinski definition) is 4. The SMILES string of the molecule is c1ccc2c(c1)sc1cc3ccc(N(c4ccc(-c5cn6ccccc6n5)cc4)c4ccc5cc6sc7ccccc7c6cc5c4)cc3cc12. The van der Waals surface area contributed by atoms with E-state index in [0.29, 0.717) is 0 Å². The monoisotopic (exact) mass is 673 g/mol. The van der Waals surface area contributed by atoms with Gasteiger partial charge in [0.1, 0.15) is 5.65 Å². The Bertz CT molecular complexity index is 2920. The largest absolute Gasteiger partial charge is 0.310 e. The van der Waals surface area contributed by atoms with Crippen LogP contribution in [0.15, 0.2) is 164 Å². The summed E-state index contributed by atoms with van der Waals surface area (Å²) in [4.78, 5) is 7.26. The highest BCUT2D eigenvalue weighted by Gasteiger charge is 2.17. The molecule has 11 rings (SSSR count). The van der Waals surface area contributed by atoms with Gasteiger partial charge in [-0.15, -0.1) is 22.7 Å². The van der Waals surface area contributed by atoms with Gasteiger partial charge in [0, 0.05) is 75.4 Å². The zero-order valence-electron chi connectivity index (χ0n) is 26.7. The molecule has 5 heteroatoms. The Labute approximate surface area is 295 Å². The summed E-state index contributed by atoms with van der Waals surface area (Å²) in [5.74, 6) is 0. The number of rotatable bonds is 4. The third-order valence-electron chi connectivity index (χ3n) is 9.94. The summed E-state index contributed by atoms with van der Waals surface area (Å²) in [5, 5.41) is 10.2. The number of nitrogens with zero attached hydrogens (tertiary/aromatic N) is 3. The second-order valence-electron chi connectivity index (χ2n) is 12.9. The zero-order valence-corrected chi connectivity index (χ0v) is 28.4. The predicted molar refractivity (Wildman–Crippen MR) is 216 cm³/mol. The molecule has 0 aliphatic heterocycles. The van der Waals surface area contributed by atoms with Gasteiger partial charge in [0.2, 0.25) is 0 Å². The maximum atomic E-state index is 4.88. The number of benzene rings is 7. The fourth-order valence-electron chi connectivity index (χ4n) is 7.49. The second-order valence-corrected chi connectivity index (χ2v) is 15.1. The summed E-state index contributed by atoms with van der Waals surface area (Å²) in [5.41, 5.74) is 6.34. The van der Waals surface area contributed by atoms with Crippen LogP contribution in [0.5, 0.6) is 0 Å². The van der Waals surface area contributed by atoms with Crippen molar-refractivity contribution < 1.29 is 0 Å². The Morgan fingerprint density at radius 3 is 1.60 bits per heavy atom. The average molecular weight is 674 g/mol. The molecule has 0 saturated heterocycles. The number of anilines is 3. The van der Waals surface area contributed by atoms with E-state index in [9.17, 15) is 0 Å². The molecule has 0 aliphatic carbocycles. The number of imidazole rings is 1. The van der Waals surface area contributed by atoms with E-state index in [1.165, 1.54) is 61.9 Å². The highest BCUT2D eigenvalue weighted by molar-refractivity contribution is 7.26. The fraction of sp³-hybridized carbons (Fsp3) is 0. The van der Waals surface area contributed by atoms with Crippen LogP contribution in [-0.2, 0) is 0 Å². The molecule has 11 aromatic rings. The predicted octanol–water partition coefficient (Wildman–Crippen LogP) is 13.5. The molecule has 0 radical (unpaired) electrons. The Kier molecular flexibility index (Phi) is 5.99. The molecule has 0 bridgehead atoms. The maximum Gasteiger partial charge on any atom is 0.137 e. The molecule has 234 valence electrons. The molecule has 0 N–H and O–H groups in total. The van der Waals surface area contributed by atoms with E-state index >= 15 is 0 Å². The van der Waals surface area contributed by atoms with Crippen molar-refractivity contribution in [3.8, 4) is 11.3 Å². The number of pyridine rings is 1. The molecule has 0 aliphatic rings. The van der Waals surface area contributed by atoms with Gasteiger partial charge in [0.15, 0.2) is 0 Å². The molecule has 7 aromatic carbocycles. The minimum Gasteiger partial charge on any atom is -0.310 e. The van der Waals surface area contributed by atoms with Crippen molar-refractivity contribution in [2.45, 2.75) is 0 Å². The summed E-state index contributed by atoms with van der Waals surface area (Å²) in [7, 11) is 0. The zero-order chi connectivity index (χ0) is 32.8. The molecule has 3 nitrogen and oxygen atoms in total. The quantitative estimate of drug-likeness (QED) is 0.185. The molecule has 0 spiro atoms. The topological polar surface area (TPSA) is 20.5 Å². The first-order valence-corrected chi connectivity index (χ1v) is 18.4. The van der Waals surface area contributed by atoms with E-state index in [0.717, 1.165) is 34.0 Å². The molecule has 0 fully saturated rings. The summed E-state index contributed by atoms with van der Waals surface area (Å²) in [6, 6.07) is 55.6. The van der Waals surface area contributed by atoms with Crippen LogP contribution in [-0.4, -0.2) is 9.38 Å². The van der Waals surface area contributed by atoms with Crippen molar-refractivity contribution in [1.82, 2.24) is 9.38 Å². The highest BCUT2D eigenvalue weighted by atomic mass is 32.1. The van der Waals surface area contributed by atoms with Crippen LogP contribution in [0, 0.1) is 0 Å².